The third-order valence-corrected chi connectivity index (χ3v) is 2.66. The molecule has 0 bridgehead atoms. The van der Waals surface area contributed by atoms with Crippen LogP contribution in [0.15, 0.2) is 36.5 Å². The highest BCUT2D eigenvalue weighted by atomic mass is 19.1. The Morgan fingerprint density at radius 1 is 1.33 bits per heavy atom. The van der Waals surface area contributed by atoms with E-state index < -0.39 is 5.82 Å². The van der Waals surface area contributed by atoms with Gasteiger partial charge in [-0.1, -0.05) is 6.07 Å². The Labute approximate surface area is 123 Å². The molecule has 0 aliphatic heterocycles. The molecular formula is C16H17FN2O2. The minimum atomic E-state index is -0.409. The van der Waals surface area contributed by atoms with E-state index in [1.54, 1.807) is 18.3 Å². The van der Waals surface area contributed by atoms with E-state index in [0.717, 1.165) is 5.56 Å². The third kappa shape index (κ3) is 4.02. The molecule has 0 radical (unpaired) electrons. The van der Waals surface area contributed by atoms with Crippen LogP contribution in [-0.4, -0.2) is 16.9 Å². The first kappa shape index (κ1) is 15.0. The van der Waals surface area contributed by atoms with Crippen LogP contribution >= 0.6 is 0 Å². The average molecular weight is 288 g/mol. The number of pyridine rings is 1. The van der Waals surface area contributed by atoms with Gasteiger partial charge in [-0.15, -0.1) is 0 Å². The number of nitrogens with one attached hydrogen (secondary N) is 1. The van der Waals surface area contributed by atoms with Crippen molar-refractivity contribution in [1.29, 1.82) is 0 Å². The molecule has 2 rings (SSSR count). The molecule has 4 nitrogen and oxygen atoms in total. The first-order valence-corrected chi connectivity index (χ1v) is 6.66. The number of aryl methyl sites for hydroxylation is 1. The standard InChI is InChI=1S/C16H17FN2O2/c1-10(2)19-15(20)14-7-11(3)9-18-16(14)21-13-6-4-5-12(17)8-13/h4-10H,1-3H3,(H,19,20). The molecule has 110 valence electrons. The van der Waals surface area contributed by atoms with Gasteiger partial charge in [-0.2, -0.15) is 0 Å². The normalized spacial score (nSPS) is 10.5. The number of hydrogen-bond donors (Lipinski definition) is 1. The lowest BCUT2D eigenvalue weighted by molar-refractivity contribution is 0.0940. The first-order valence-electron chi connectivity index (χ1n) is 6.66. The van der Waals surface area contributed by atoms with E-state index in [4.69, 9.17) is 4.74 Å². The van der Waals surface area contributed by atoms with Crippen molar-refractivity contribution in [3.63, 3.8) is 0 Å². The summed E-state index contributed by atoms with van der Waals surface area (Å²) in [5.74, 6) is -0.227. The number of benzene rings is 1. The molecule has 1 aromatic carbocycles. The molecule has 0 fully saturated rings. The third-order valence-electron chi connectivity index (χ3n) is 2.66. The van der Waals surface area contributed by atoms with Crippen molar-refractivity contribution in [2.75, 3.05) is 0 Å². The van der Waals surface area contributed by atoms with Crippen molar-refractivity contribution in [3.05, 3.63) is 53.5 Å². The van der Waals surface area contributed by atoms with Gasteiger partial charge in [0.05, 0.1) is 0 Å². The molecule has 1 N–H and O–H groups in total. The summed E-state index contributed by atoms with van der Waals surface area (Å²) >= 11 is 0. The summed E-state index contributed by atoms with van der Waals surface area (Å²) in [6.45, 7) is 5.58. The second-order valence-corrected chi connectivity index (χ2v) is 5.05. The lowest BCUT2D eigenvalue weighted by Crippen LogP contribution is -2.30. The maximum atomic E-state index is 13.2. The van der Waals surface area contributed by atoms with Gasteiger partial charge in [0, 0.05) is 18.3 Å². The molecule has 1 amide bonds. The summed E-state index contributed by atoms with van der Waals surface area (Å²) in [6, 6.07) is 7.40. The molecule has 2 aromatic rings. The van der Waals surface area contributed by atoms with E-state index in [9.17, 15) is 9.18 Å². The number of amides is 1. The summed E-state index contributed by atoms with van der Waals surface area (Å²) in [7, 11) is 0. The lowest BCUT2D eigenvalue weighted by atomic mass is 10.2. The average Bonchev–Trinajstić information content (AvgIpc) is 2.40. The Kier molecular flexibility index (Phi) is 4.52. The van der Waals surface area contributed by atoms with Crippen molar-refractivity contribution in [2.24, 2.45) is 0 Å². The molecule has 0 spiro atoms. The Balaban J connectivity index is 2.32. The number of carbonyl (C=O) groups is 1. The second kappa shape index (κ2) is 6.35. The van der Waals surface area contributed by atoms with Crippen LogP contribution in [0.1, 0.15) is 29.8 Å². The van der Waals surface area contributed by atoms with Crippen LogP contribution in [0, 0.1) is 12.7 Å². The summed E-state index contributed by atoms with van der Waals surface area (Å²) in [5, 5.41) is 2.79. The van der Waals surface area contributed by atoms with Crippen LogP contribution < -0.4 is 10.1 Å². The number of hydrogen-bond acceptors (Lipinski definition) is 3. The van der Waals surface area contributed by atoms with Crippen LogP contribution in [0.2, 0.25) is 0 Å². The number of nitrogens with zero attached hydrogens (tertiary/aromatic N) is 1. The zero-order chi connectivity index (χ0) is 15.4. The molecule has 0 saturated carbocycles. The quantitative estimate of drug-likeness (QED) is 0.937. The van der Waals surface area contributed by atoms with Crippen molar-refractivity contribution in [3.8, 4) is 11.6 Å². The summed E-state index contributed by atoms with van der Waals surface area (Å²) in [6.07, 6.45) is 1.60. The van der Waals surface area contributed by atoms with Crippen molar-refractivity contribution in [1.82, 2.24) is 10.3 Å². The molecule has 5 heteroatoms. The van der Waals surface area contributed by atoms with Gasteiger partial charge in [0.2, 0.25) is 5.88 Å². The van der Waals surface area contributed by atoms with Crippen molar-refractivity contribution < 1.29 is 13.9 Å². The summed E-state index contributed by atoms with van der Waals surface area (Å²) < 4.78 is 18.7. The molecule has 1 heterocycles. The fourth-order valence-electron chi connectivity index (χ4n) is 1.78. The number of carbonyl (C=O) groups excluding carboxylic acids is 1. The van der Waals surface area contributed by atoms with Gasteiger partial charge in [-0.05, 0) is 44.5 Å². The van der Waals surface area contributed by atoms with Crippen LogP contribution in [0.25, 0.3) is 0 Å². The van der Waals surface area contributed by atoms with Gasteiger partial charge in [0.15, 0.2) is 0 Å². The Morgan fingerprint density at radius 3 is 2.76 bits per heavy atom. The van der Waals surface area contributed by atoms with Crippen LogP contribution in [0.3, 0.4) is 0 Å². The van der Waals surface area contributed by atoms with Gasteiger partial charge < -0.3 is 10.1 Å². The molecule has 0 atom stereocenters. The van der Waals surface area contributed by atoms with E-state index in [1.807, 2.05) is 20.8 Å². The van der Waals surface area contributed by atoms with Gasteiger partial charge in [-0.25, -0.2) is 9.37 Å². The van der Waals surface area contributed by atoms with Crippen LogP contribution in [0.5, 0.6) is 11.6 Å². The highest BCUT2D eigenvalue weighted by Gasteiger charge is 2.16. The van der Waals surface area contributed by atoms with Gasteiger partial charge in [0.1, 0.15) is 17.1 Å². The predicted octanol–water partition coefficient (Wildman–Crippen LogP) is 3.46. The van der Waals surface area contributed by atoms with Crippen molar-refractivity contribution in [2.45, 2.75) is 26.8 Å². The Bertz CT molecular complexity index is 656. The molecule has 0 unspecified atom stereocenters. The molecule has 1 aromatic heterocycles. The highest BCUT2D eigenvalue weighted by molar-refractivity contribution is 5.96. The highest BCUT2D eigenvalue weighted by Crippen LogP contribution is 2.24. The Hall–Kier alpha value is -2.43. The zero-order valence-corrected chi connectivity index (χ0v) is 12.2. The molecular weight excluding hydrogens is 271 g/mol. The summed E-state index contributed by atoms with van der Waals surface area (Å²) in [5.41, 5.74) is 1.17. The minimum absolute atomic E-state index is 0.0000296. The lowest BCUT2D eigenvalue weighted by Gasteiger charge is -2.13. The summed E-state index contributed by atoms with van der Waals surface area (Å²) in [4.78, 5) is 16.3. The second-order valence-electron chi connectivity index (χ2n) is 5.05. The molecule has 21 heavy (non-hydrogen) atoms. The minimum Gasteiger partial charge on any atom is -0.438 e. The van der Waals surface area contributed by atoms with Gasteiger partial charge in [0.25, 0.3) is 5.91 Å². The fraction of sp³-hybridized carbons (Fsp3) is 0.250. The largest absolute Gasteiger partial charge is 0.438 e. The number of aromatic nitrogens is 1. The molecule has 0 aliphatic carbocycles. The van der Waals surface area contributed by atoms with Crippen molar-refractivity contribution >= 4 is 5.91 Å². The van der Waals surface area contributed by atoms with Crippen LogP contribution in [-0.2, 0) is 0 Å². The number of rotatable bonds is 4. The monoisotopic (exact) mass is 288 g/mol. The smallest absolute Gasteiger partial charge is 0.256 e. The molecule has 0 aliphatic rings. The number of ether oxygens (including phenoxy) is 1. The van der Waals surface area contributed by atoms with E-state index in [2.05, 4.69) is 10.3 Å². The topological polar surface area (TPSA) is 51.2 Å². The van der Waals surface area contributed by atoms with E-state index in [0.29, 0.717) is 11.3 Å². The van der Waals surface area contributed by atoms with Crippen LogP contribution in [0.4, 0.5) is 4.39 Å². The van der Waals surface area contributed by atoms with E-state index >= 15 is 0 Å². The molecule has 0 saturated heterocycles. The fourth-order valence-corrected chi connectivity index (χ4v) is 1.78. The maximum absolute atomic E-state index is 13.2. The maximum Gasteiger partial charge on any atom is 0.256 e. The van der Waals surface area contributed by atoms with Gasteiger partial charge >= 0.3 is 0 Å². The SMILES string of the molecule is Cc1cnc(Oc2cccc(F)c2)c(C(=O)NC(C)C)c1. The van der Waals surface area contributed by atoms with Gasteiger partial charge in [-0.3, -0.25) is 4.79 Å². The number of halogens is 1. The van der Waals surface area contributed by atoms with E-state index in [1.165, 1.54) is 18.2 Å². The predicted molar refractivity (Wildman–Crippen MR) is 78.1 cm³/mol. The first-order chi connectivity index (χ1) is 9.95. The van der Waals surface area contributed by atoms with E-state index in [-0.39, 0.29) is 17.8 Å². The zero-order valence-electron chi connectivity index (χ0n) is 12.2. The Morgan fingerprint density at radius 2 is 2.10 bits per heavy atom.